The van der Waals surface area contributed by atoms with Crippen LogP contribution in [0.1, 0.15) is 38.5 Å². The first-order valence-corrected chi connectivity index (χ1v) is 9.04. The molecule has 2 bridgehead atoms. The summed E-state index contributed by atoms with van der Waals surface area (Å²) < 4.78 is 23.0. The van der Waals surface area contributed by atoms with Crippen LogP contribution in [0.25, 0.3) is 0 Å². The van der Waals surface area contributed by atoms with Crippen LogP contribution in [-0.2, 0) is 9.84 Å². The van der Waals surface area contributed by atoms with Gasteiger partial charge in [0.1, 0.15) is 0 Å². The number of rotatable bonds is 2. The van der Waals surface area contributed by atoms with Crippen LogP contribution in [0.3, 0.4) is 0 Å². The molecule has 0 spiro atoms. The third-order valence-electron chi connectivity index (χ3n) is 5.04. The van der Waals surface area contributed by atoms with E-state index in [0.717, 1.165) is 6.42 Å². The molecule has 0 saturated carbocycles. The van der Waals surface area contributed by atoms with Crippen molar-refractivity contribution in [3.05, 3.63) is 0 Å². The zero-order chi connectivity index (χ0) is 12.8. The van der Waals surface area contributed by atoms with E-state index in [9.17, 15) is 8.42 Å². The topological polar surface area (TPSA) is 49.4 Å². The monoisotopic (exact) mass is 272 g/mol. The molecule has 3 unspecified atom stereocenters. The predicted octanol–water partition coefficient (Wildman–Crippen LogP) is 0.778. The minimum Gasteiger partial charge on any atom is -0.310 e. The van der Waals surface area contributed by atoms with Gasteiger partial charge in [0.15, 0.2) is 9.84 Å². The lowest BCUT2D eigenvalue weighted by Gasteiger charge is -2.47. The van der Waals surface area contributed by atoms with Crippen LogP contribution in [-0.4, -0.2) is 56.0 Å². The lowest BCUT2D eigenvalue weighted by atomic mass is 9.82. The quantitative estimate of drug-likeness (QED) is 0.807. The van der Waals surface area contributed by atoms with E-state index >= 15 is 0 Å². The summed E-state index contributed by atoms with van der Waals surface area (Å²) in [5.74, 6) is 0.735. The SMILES string of the molecule is CN1C2CCCC1CC(NC1CCS(=O)(=O)C1)C2. The maximum atomic E-state index is 11.5. The van der Waals surface area contributed by atoms with Crippen molar-refractivity contribution in [2.24, 2.45) is 0 Å². The van der Waals surface area contributed by atoms with Gasteiger partial charge < -0.3 is 10.2 Å². The molecule has 3 aliphatic heterocycles. The van der Waals surface area contributed by atoms with Crippen LogP contribution in [0.4, 0.5) is 0 Å². The Bertz CT molecular complexity index is 395. The molecule has 3 saturated heterocycles. The molecule has 3 rings (SSSR count). The minimum absolute atomic E-state index is 0.212. The molecule has 0 aromatic carbocycles. The van der Waals surface area contributed by atoms with Crippen LogP contribution in [0.5, 0.6) is 0 Å². The summed E-state index contributed by atoms with van der Waals surface area (Å²) in [7, 11) is -0.494. The zero-order valence-corrected chi connectivity index (χ0v) is 12.0. The van der Waals surface area contributed by atoms with Gasteiger partial charge in [-0.2, -0.15) is 0 Å². The Labute approximate surface area is 110 Å². The van der Waals surface area contributed by atoms with Gasteiger partial charge in [0, 0.05) is 24.2 Å². The lowest BCUT2D eigenvalue weighted by molar-refractivity contribution is 0.0465. The van der Waals surface area contributed by atoms with Gasteiger partial charge >= 0.3 is 0 Å². The van der Waals surface area contributed by atoms with Crippen LogP contribution in [0.2, 0.25) is 0 Å². The molecule has 18 heavy (non-hydrogen) atoms. The van der Waals surface area contributed by atoms with Gasteiger partial charge in [0.2, 0.25) is 0 Å². The van der Waals surface area contributed by atoms with Crippen molar-refractivity contribution in [2.75, 3.05) is 18.6 Å². The second kappa shape index (κ2) is 4.76. The van der Waals surface area contributed by atoms with Crippen molar-refractivity contribution in [3.63, 3.8) is 0 Å². The Hall–Kier alpha value is -0.130. The summed E-state index contributed by atoms with van der Waals surface area (Å²) in [6, 6.07) is 2.18. The fourth-order valence-corrected chi connectivity index (χ4v) is 5.70. The van der Waals surface area contributed by atoms with Crippen LogP contribution >= 0.6 is 0 Å². The maximum absolute atomic E-state index is 11.5. The lowest BCUT2D eigenvalue weighted by Crippen LogP contribution is -2.56. The van der Waals surface area contributed by atoms with E-state index < -0.39 is 9.84 Å². The van der Waals surface area contributed by atoms with Crippen LogP contribution in [0, 0.1) is 0 Å². The van der Waals surface area contributed by atoms with E-state index in [1.54, 1.807) is 0 Å². The molecule has 0 amide bonds. The molecule has 0 radical (unpaired) electrons. The van der Waals surface area contributed by atoms with Gasteiger partial charge in [-0.3, -0.25) is 0 Å². The number of nitrogens with one attached hydrogen (secondary N) is 1. The Morgan fingerprint density at radius 3 is 2.28 bits per heavy atom. The molecule has 3 atom stereocenters. The minimum atomic E-state index is -2.75. The highest BCUT2D eigenvalue weighted by Gasteiger charge is 2.37. The maximum Gasteiger partial charge on any atom is 0.151 e. The molecule has 5 heteroatoms. The first-order valence-electron chi connectivity index (χ1n) is 7.22. The molecule has 0 aromatic heterocycles. The summed E-state index contributed by atoms with van der Waals surface area (Å²) in [4.78, 5) is 2.55. The van der Waals surface area contributed by atoms with Crippen molar-refractivity contribution in [2.45, 2.75) is 62.7 Å². The molecule has 104 valence electrons. The van der Waals surface area contributed by atoms with E-state index in [2.05, 4.69) is 17.3 Å². The standard InChI is InChI=1S/C13H24N2O2S/c1-15-12-3-2-4-13(15)8-11(7-12)14-10-5-6-18(16,17)9-10/h10-14H,2-9H2,1H3. The fourth-order valence-electron chi connectivity index (χ4n) is 4.01. The first kappa shape index (κ1) is 12.9. The molecule has 0 aromatic rings. The Morgan fingerprint density at radius 1 is 1.06 bits per heavy atom. The highest BCUT2D eigenvalue weighted by Crippen LogP contribution is 2.33. The molecule has 3 aliphatic rings. The molecular formula is C13H24N2O2S. The summed E-state index contributed by atoms with van der Waals surface area (Å²) in [5, 5.41) is 3.62. The number of hydrogen-bond donors (Lipinski definition) is 1. The molecule has 0 aliphatic carbocycles. The summed E-state index contributed by atoms with van der Waals surface area (Å²) in [5.41, 5.74) is 0. The average molecular weight is 272 g/mol. The van der Waals surface area contributed by atoms with E-state index in [1.807, 2.05) is 0 Å². The number of piperidine rings is 2. The van der Waals surface area contributed by atoms with E-state index in [4.69, 9.17) is 0 Å². The summed E-state index contributed by atoms with van der Waals surface area (Å²) in [6.07, 6.45) is 7.20. The number of sulfone groups is 1. The zero-order valence-electron chi connectivity index (χ0n) is 11.1. The second-order valence-electron chi connectivity index (χ2n) is 6.34. The van der Waals surface area contributed by atoms with Crippen molar-refractivity contribution in [1.29, 1.82) is 0 Å². The van der Waals surface area contributed by atoms with Crippen LogP contribution in [0.15, 0.2) is 0 Å². The van der Waals surface area contributed by atoms with Crippen molar-refractivity contribution >= 4 is 9.84 Å². The smallest absolute Gasteiger partial charge is 0.151 e. The largest absolute Gasteiger partial charge is 0.310 e. The summed E-state index contributed by atoms with van der Waals surface area (Å²) in [6.45, 7) is 0. The Balaban J connectivity index is 1.58. The third kappa shape index (κ3) is 2.58. The Kier molecular flexibility index (Phi) is 3.41. The van der Waals surface area contributed by atoms with Gasteiger partial charge in [-0.15, -0.1) is 0 Å². The van der Waals surface area contributed by atoms with Crippen molar-refractivity contribution in [3.8, 4) is 0 Å². The van der Waals surface area contributed by atoms with Crippen molar-refractivity contribution in [1.82, 2.24) is 10.2 Å². The predicted molar refractivity (Wildman–Crippen MR) is 72.4 cm³/mol. The fraction of sp³-hybridized carbons (Fsp3) is 1.00. The Morgan fingerprint density at radius 2 is 1.72 bits per heavy atom. The van der Waals surface area contributed by atoms with Gasteiger partial charge in [-0.25, -0.2) is 8.42 Å². The van der Waals surface area contributed by atoms with Crippen LogP contribution < -0.4 is 5.32 Å². The van der Waals surface area contributed by atoms with Gasteiger partial charge in [-0.05, 0) is 39.2 Å². The third-order valence-corrected chi connectivity index (χ3v) is 6.81. The normalized spacial score (nSPS) is 44.1. The average Bonchev–Trinajstić information content (AvgIpc) is 2.60. The van der Waals surface area contributed by atoms with Gasteiger partial charge in [-0.1, -0.05) is 6.42 Å². The molecular weight excluding hydrogens is 248 g/mol. The number of fused-ring (bicyclic) bond motifs is 2. The molecule has 3 fully saturated rings. The second-order valence-corrected chi connectivity index (χ2v) is 8.57. The van der Waals surface area contributed by atoms with Gasteiger partial charge in [0.25, 0.3) is 0 Å². The molecule has 4 nitrogen and oxygen atoms in total. The highest BCUT2D eigenvalue weighted by atomic mass is 32.2. The molecule has 1 N–H and O–H groups in total. The number of nitrogens with zero attached hydrogens (tertiary/aromatic N) is 1. The van der Waals surface area contributed by atoms with Crippen molar-refractivity contribution < 1.29 is 8.42 Å². The van der Waals surface area contributed by atoms with E-state index in [1.165, 1.54) is 32.1 Å². The van der Waals surface area contributed by atoms with Gasteiger partial charge in [0.05, 0.1) is 11.5 Å². The van der Waals surface area contributed by atoms with E-state index in [0.29, 0.717) is 29.6 Å². The highest BCUT2D eigenvalue weighted by molar-refractivity contribution is 7.91. The first-order chi connectivity index (χ1) is 8.53. The summed E-state index contributed by atoms with van der Waals surface area (Å²) >= 11 is 0. The van der Waals surface area contributed by atoms with E-state index in [-0.39, 0.29) is 6.04 Å². The number of hydrogen-bond acceptors (Lipinski definition) is 4. The molecule has 3 heterocycles.